The van der Waals surface area contributed by atoms with Crippen molar-refractivity contribution in [1.82, 2.24) is 0 Å². The van der Waals surface area contributed by atoms with Gasteiger partial charge in [0, 0.05) is 0 Å². The van der Waals surface area contributed by atoms with Gasteiger partial charge in [-0.25, -0.2) is 8.78 Å². The predicted molar refractivity (Wildman–Crippen MR) is 32.6 cm³/mol. The SMILES string of the molecule is O=C(CCl)OCC(F)(F)C(F)F. The highest BCUT2D eigenvalue weighted by Gasteiger charge is 2.42. The van der Waals surface area contributed by atoms with E-state index >= 15 is 0 Å². The van der Waals surface area contributed by atoms with Crippen molar-refractivity contribution in [2.24, 2.45) is 0 Å². The van der Waals surface area contributed by atoms with Crippen molar-refractivity contribution < 1.29 is 27.1 Å². The lowest BCUT2D eigenvalue weighted by Gasteiger charge is -2.14. The van der Waals surface area contributed by atoms with Crippen molar-refractivity contribution in [3.63, 3.8) is 0 Å². The second kappa shape index (κ2) is 4.49. The van der Waals surface area contributed by atoms with Crippen LogP contribution in [-0.4, -0.2) is 30.8 Å². The molecule has 0 radical (unpaired) electrons. The Hall–Kier alpha value is -0.520. The summed E-state index contributed by atoms with van der Waals surface area (Å²) in [5, 5.41) is 0. The number of hydrogen-bond donors (Lipinski definition) is 0. The molecule has 0 aromatic heterocycles. The molecule has 0 aliphatic rings. The quantitative estimate of drug-likeness (QED) is 0.399. The average molecular weight is 209 g/mol. The second-order valence-corrected chi connectivity index (χ2v) is 2.12. The maximum atomic E-state index is 12.0. The molecule has 72 valence electrons. The first kappa shape index (κ1) is 11.5. The lowest BCUT2D eigenvalue weighted by molar-refractivity contribution is -0.177. The third-order valence-electron chi connectivity index (χ3n) is 0.854. The zero-order chi connectivity index (χ0) is 9.78. The molecular formula is C5H5ClF4O2. The Morgan fingerprint density at radius 3 is 2.33 bits per heavy atom. The normalized spacial score (nSPS) is 11.8. The average Bonchev–Trinajstić information content (AvgIpc) is 2.00. The van der Waals surface area contributed by atoms with E-state index in [4.69, 9.17) is 11.6 Å². The monoisotopic (exact) mass is 208 g/mol. The van der Waals surface area contributed by atoms with Gasteiger partial charge in [0.2, 0.25) is 0 Å². The lowest BCUT2D eigenvalue weighted by Crippen LogP contribution is -2.33. The summed E-state index contributed by atoms with van der Waals surface area (Å²) in [4.78, 5) is 10.1. The van der Waals surface area contributed by atoms with Crippen LogP contribution in [0.15, 0.2) is 0 Å². The van der Waals surface area contributed by atoms with Gasteiger partial charge in [0.1, 0.15) is 5.88 Å². The minimum Gasteiger partial charge on any atom is -0.458 e. The Morgan fingerprint density at radius 1 is 1.50 bits per heavy atom. The zero-order valence-electron chi connectivity index (χ0n) is 5.70. The minimum absolute atomic E-state index is 0.640. The van der Waals surface area contributed by atoms with Gasteiger partial charge in [-0.1, -0.05) is 0 Å². The van der Waals surface area contributed by atoms with E-state index in [-0.39, 0.29) is 0 Å². The first-order chi connectivity index (χ1) is 5.40. The van der Waals surface area contributed by atoms with Gasteiger partial charge in [-0.15, -0.1) is 11.6 Å². The molecule has 0 amide bonds. The van der Waals surface area contributed by atoms with E-state index in [9.17, 15) is 22.4 Å². The molecular weight excluding hydrogens is 203 g/mol. The number of carbonyl (C=O) groups excluding carboxylic acids is 1. The van der Waals surface area contributed by atoms with Crippen LogP contribution >= 0.6 is 11.6 Å². The number of rotatable bonds is 4. The van der Waals surface area contributed by atoms with E-state index in [1.165, 1.54) is 0 Å². The maximum Gasteiger partial charge on any atom is 0.340 e. The molecule has 12 heavy (non-hydrogen) atoms. The smallest absolute Gasteiger partial charge is 0.340 e. The van der Waals surface area contributed by atoms with E-state index in [1.54, 1.807) is 0 Å². The van der Waals surface area contributed by atoms with Gasteiger partial charge in [-0.05, 0) is 0 Å². The van der Waals surface area contributed by atoms with Crippen molar-refractivity contribution in [3.05, 3.63) is 0 Å². The van der Waals surface area contributed by atoms with Crippen LogP contribution in [0.5, 0.6) is 0 Å². The molecule has 7 heteroatoms. The Balaban J connectivity index is 3.83. The third-order valence-corrected chi connectivity index (χ3v) is 1.07. The molecule has 0 unspecified atom stereocenters. The highest BCUT2D eigenvalue weighted by molar-refractivity contribution is 6.26. The fraction of sp³-hybridized carbons (Fsp3) is 0.800. The molecule has 0 saturated heterocycles. The van der Waals surface area contributed by atoms with Crippen LogP contribution in [0.4, 0.5) is 17.6 Å². The van der Waals surface area contributed by atoms with Gasteiger partial charge >= 0.3 is 18.3 Å². The molecule has 0 saturated carbocycles. The van der Waals surface area contributed by atoms with E-state index < -0.39 is 30.8 Å². The molecule has 0 aliphatic carbocycles. The van der Waals surface area contributed by atoms with E-state index in [2.05, 4.69) is 4.74 Å². The van der Waals surface area contributed by atoms with Crippen LogP contribution in [0, 0.1) is 0 Å². The summed E-state index contributed by atoms with van der Waals surface area (Å²) in [5.74, 6) is -6.10. The zero-order valence-corrected chi connectivity index (χ0v) is 6.45. The van der Waals surface area contributed by atoms with Crippen molar-refractivity contribution >= 4 is 17.6 Å². The molecule has 0 bridgehead atoms. The lowest BCUT2D eigenvalue weighted by atomic mass is 10.4. The molecule has 2 nitrogen and oxygen atoms in total. The summed E-state index contributed by atoms with van der Waals surface area (Å²) >= 11 is 4.85. The largest absolute Gasteiger partial charge is 0.458 e. The van der Waals surface area contributed by atoms with E-state index in [0.717, 1.165) is 0 Å². The fourth-order valence-electron chi connectivity index (χ4n) is 0.278. The van der Waals surface area contributed by atoms with Crippen LogP contribution in [0.1, 0.15) is 0 Å². The predicted octanol–water partition coefficient (Wildman–Crippen LogP) is 1.67. The van der Waals surface area contributed by atoms with Crippen molar-refractivity contribution in [3.8, 4) is 0 Å². The number of alkyl halides is 5. The molecule has 0 aliphatic heterocycles. The number of hydrogen-bond acceptors (Lipinski definition) is 2. The summed E-state index contributed by atoms with van der Waals surface area (Å²) in [6.07, 6.45) is -3.85. The second-order valence-electron chi connectivity index (χ2n) is 1.86. The summed E-state index contributed by atoms with van der Waals surface area (Å²) in [5.41, 5.74) is 0. The summed E-state index contributed by atoms with van der Waals surface area (Å²) in [6.45, 7) is -1.64. The molecule has 0 aromatic rings. The summed E-state index contributed by atoms with van der Waals surface area (Å²) in [7, 11) is 0. The Morgan fingerprint density at radius 2 is 2.00 bits per heavy atom. The highest BCUT2D eigenvalue weighted by Crippen LogP contribution is 2.22. The van der Waals surface area contributed by atoms with Crippen molar-refractivity contribution in [2.75, 3.05) is 12.5 Å². The van der Waals surface area contributed by atoms with Gasteiger partial charge in [0.15, 0.2) is 6.61 Å². The number of ether oxygens (including phenoxy) is 1. The van der Waals surface area contributed by atoms with Crippen LogP contribution in [0.25, 0.3) is 0 Å². The molecule has 0 rings (SSSR count). The van der Waals surface area contributed by atoms with Gasteiger partial charge in [0.25, 0.3) is 0 Å². The molecule has 0 spiro atoms. The summed E-state index contributed by atoms with van der Waals surface area (Å²) in [6, 6.07) is 0. The number of esters is 1. The minimum atomic E-state index is -4.30. The van der Waals surface area contributed by atoms with E-state index in [0.29, 0.717) is 0 Å². The maximum absolute atomic E-state index is 12.0. The third kappa shape index (κ3) is 3.75. The van der Waals surface area contributed by atoms with Gasteiger partial charge in [0.05, 0.1) is 0 Å². The fourth-order valence-corrected chi connectivity index (χ4v) is 0.355. The molecule has 0 atom stereocenters. The van der Waals surface area contributed by atoms with Gasteiger partial charge in [-0.2, -0.15) is 8.78 Å². The van der Waals surface area contributed by atoms with E-state index in [1.807, 2.05) is 0 Å². The Kier molecular flexibility index (Phi) is 4.30. The Bertz CT molecular complexity index is 162. The van der Waals surface area contributed by atoms with Crippen LogP contribution in [0.2, 0.25) is 0 Å². The van der Waals surface area contributed by atoms with Crippen LogP contribution < -0.4 is 0 Å². The molecule has 0 aromatic carbocycles. The van der Waals surface area contributed by atoms with Crippen molar-refractivity contribution in [1.29, 1.82) is 0 Å². The van der Waals surface area contributed by atoms with Gasteiger partial charge in [-0.3, -0.25) is 4.79 Å². The van der Waals surface area contributed by atoms with Crippen molar-refractivity contribution in [2.45, 2.75) is 12.3 Å². The highest BCUT2D eigenvalue weighted by atomic mass is 35.5. The first-order valence-corrected chi connectivity index (χ1v) is 3.31. The summed E-state index contributed by atoms with van der Waals surface area (Å²) < 4.78 is 50.4. The number of carbonyl (C=O) groups is 1. The van der Waals surface area contributed by atoms with Crippen LogP contribution in [0.3, 0.4) is 0 Å². The molecule has 0 N–H and O–H groups in total. The first-order valence-electron chi connectivity index (χ1n) is 2.77. The number of halogens is 5. The molecule has 0 heterocycles. The molecule has 0 fully saturated rings. The Labute approximate surface area is 70.4 Å². The standard InChI is InChI=1S/C5H5ClF4O2/c6-1-3(11)12-2-5(9,10)4(7)8/h4H,1-2H2. The topological polar surface area (TPSA) is 26.3 Å². The van der Waals surface area contributed by atoms with Crippen LogP contribution in [-0.2, 0) is 9.53 Å². The van der Waals surface area contributed by atoms with Gasteiger partial charge < -0.3 is 4.74 Å².